The molecule has 0 saturated heterocycles. The van der Waals surface area contributed by atoms with Gasteiger partial charge in [0.2, 0.25) is 6.79 Å². The Hall–Kier alpha value is -2.66. The van der Waals surface area contributed by atoms with Gasteiger partial charge in [-0.2, -0.15) is 0 Å². The summed E-state index contributed by atoms with van der Waals surface area (Å²) in [4.78, 5) is 11.7. The molecule has 26 heavy (non-hydrogen) atoms. The van der Waals surface area contributed by atoms with Gasteiger partial charge in [0.15, 0.2) is 11.5 Å². The van der Waals surface area contributed by atoms with Crippen molar-refractivity contribution in [2.24, 2.45) is 5.92 Å². The molecule has 3 atom stereocenters. The topological polar surface area (TPSA) is 67.8 Å². The Morgan fingerprint density at radius 1 is 1.19 bits per heavy atom. The molecule has 0 saturated carbocycles. The van der Waals surface area contributed by atoms with Crippen molar-refractivity contribution in [3.8, 4) is 11.5 Å². The smallest absolute Gasteiger partial charge is 0.336 e. The van der Waals surface area contributed by atoms with Crippen LogP contribution in [0.3, 0.4) is 0 Å². The molecule has 0 amide bonds. The van der Waals surface area contributed by atoms with Gasteiger partial charge in [0, 0.05) is 5.92 Å². The fourth-order valence-corrected chi connectivity index (χ4v) is 4.52. The van der Waals surface area contributed by atoms with Crippen LogP contribution in [0.4, 0.5) is 5.69 Å². The monoisotopic (exact) mass is 369 g/mol. The van der Waals surface area contributed by atoms with E-state index in [2.05, 4.69) is 17.5 Å². The molecule has 6 heteroatoms. The van der Waals surface area contributed by atoms with E-state index in [4.69, 9.17) is 21.1 Å². The summed E-state index contributed by atoms with van der Waals surface area (Å²) < 4.78 is 10.9. The Balaban J connectivity index is 1.64. The van der Waals surface area contributed by atoms with Crippen molar-refractivity contribution in [2.45, 2.75) is 18.4 Å². The molecule has 0 radical (unpaired) electrons. The molecule has 1 aliphatic carbocycles. The molecule has 2 aromatic carbocycles. The molecule has 2 N–H and O–H groups in total. The molecule has 5 nitrogen and oxygen atoms in total. The molecule has 2 heterocycles. The van der Waals surface area contributed by atoms with Crippen LogP contribution < -0.4 is 14.8 Å². The minimum absolute atomic E-state index is 0.0125. The van der Waals surface area contributed by atoms with E-state index in [0.717, 1.165) is 29.0 Å². The molecule has 2 aromatic rings. The second-order valence-electron chi connectivity index (χ2n) is 6.78. The van der Waals surface area contributed by atoms with Gasteiger partial charge >= 0.3 is 5.97 Å². The summed E-state index contributed by atoms with van der Waals surface area (Å²) in [6.45, 7) is 0.237. The van der Waals surface area contributed by atoms with Crippen LogP contribution in [0.15, 0.2) is 42.5 Å². The van der Waals surface area contributed by atoms with E-state index in [9.17, 15) is 9.90 Å². The summed E-state index contributed by atoms with van der Waals surface area (Å²) in [5.41, 5.74) is 2.88. The van der Waals surface area contributed by atoms with Crippen molar-refractivity contribution in [1.29, 1.82) is 0 Å². The third-order valence-electron chi connectivity index (χ3n) is 5.46. The molecule has 0 spiro atoms. The first-order valence-corrected chi connectivity index (χ1v) is 8.89. The van der Waals surface area contributed by atoms with Crippen molar-refractivity contribution in [2.75, 3.05) is 12.1 Å². The number of nitrogens with one attached hydrogen (secondary N) is 1. The van der Waals surface area contributed by atoms with Crippen LogP contribution in [0.1, 0.15) is 39.9 Å². The first kappa shape index (κ1) is 15.6. The molecule has 0 unspecified atom stereocenters. The van der Waals surface area contributed by atoms with Crippen LogP contribution in [0.2, 0.25) is 5.02 Å². The second kappa shape index (κ2) is 5.68. The molecule has 0 bridgehead atoms. The number of fused-ring (bicyclic) bond motifs is 4. The first-order chi connectivity index (χ1) is 12.6. The van der Waals surface area contributed by atoms with Crippen LogP contribution in [0.25, 0.3) is 0 Å². The van der Waals surface area contributed by atoms with Gasteiger partial charge < -0.3 is 19.9 Å². The average molecular weight is 370 g/mol. The van der Waals surface area contributed by atoms with E-state index in [1.54, 1.807) is 12.1 Å². The summed E-state index contributed by atoms with van der Waals surface area (Å²) in [6, 6.07) is 9.19. The number of aromatic carboxylic acids is 1. The number of hydrogen-bond acceptors (Lipinski definition) is 4. The minimum atomic E-state index is -0.930. The fraction of sp³-hybridized carbons (Fsp3) is 0.250. The van der Waals surface area contributed by atoms with Crippen LogP contribution >= 0.6 is 11.6 Å². The quantitative estimate of drug-likeness (QED) is 0.757. The second-order valence-corrected chi connectivity index (χ2v) is 7.18. The number of carbonyl (C=O) groups is 1. The van der Waals surface area contributed by atoms with E-state index in [1.165, 1.54) is 0 Å². The maximum Gasteiger partial charge on any atom is 0.336 e. The van der Waals surface area contributed by atoms with E-state index in [1.807, 2.05) is 18.2 Å². The Morgan fingerprint density at radius 3 is 2.88 bits per heavy atom. The number of benzene rings is 2. The Bertz CT molecular complexity index is 955. The molecule has 0 aromatic heterocycles. The number of ether oxygens (including phenoxy) is 2. The number of allylic oxidation sites excluding steroid dienone is 2. The van der Waals surface area contributed by atoms with Gasteiger partial charge in [-0.3, -0.25) is 0 Å². The molecule has 3 aliphatic rings. The van der Waals surface area contributed by atoms with Crippen molar-refractivity contribution in [3.63, 3.8) is 0 Å². The van der Waals surface area contributed by atoms with Gasteiger partial charge in [-0.05, 0) is 47.7 Å². The van der Waals surface area contributed by atoms with E-state index in [-0.39, 0.29) is 24.7 Å². The standard InChI is InChI=1S/C20H16ClNO4/c21-14-6-5-13(20(23)24)17-11-2-1-3-12(11)18(22-19(14)17)10-4-7-15-16(8-10)26-9-25-15/h1-2,4-8,11-12,18,22H,3,9H2,(H,23,24)/t11-,12+,18+/m0/s1. The normalized spacial score (nSPS) is 24.7. The highest BCUT2D eigenvalue weighted by atomic mass is 35.5. The van der Waals surface area contributed by atoms with Crippen LogP contribution in [-0.4, -0.2) is 17.9 Å². The van der Waals surface area contributed by atoms with Gasteiger partial charge in [0.1, 0.15) is 0 Å². The maximum atomic E-state index is 11.7. The van der Waals surface area contributed by atoms with Gasteiger partial charge in [-0.15, -0.1) is 0 Å². The highest BCUT2D eigenvalue weighted by Gasteiger charge is 2.41. The highest BCUT2D eigenvalue weighted by Crippen LogP contribution is 2.53. The predicted molar refractivity (Wildman–Crippen MR) is 97.3 cm³/mol. The molecule has 132 valence electrons. The predicted octanol–water partition coefficient (Wildman–Crippen LogP) is 4.59. The summed E-state index contributed by atoms with van der Waals surface area (Å²) in [7, 11) is 0. The van der Waals surface area contributed by atoms with Gasteiger partial charge in [-0.1, -0.05) is 29.8 Å². The lowest BCUT2D eigenvalue weighted by Gasteiger charge is -2.38. The maximum absolute atomic E-state index is 11.7. The molecular formula is C20H16ClNO4. The minimum Gasteiger partial charge on any atom is -0.478 e. The zero-order valence-corrected chi connectivity index (χ0v) is 14.5. The lowest BCUT2D eigenvalue weighted by molar-refractivity contribution is 0.0695. The number of anilines is 1. The lowest BCUT2D eigenvalue weighted by Crippen LogP contribution is -2.30. The zero-order chi connectivity index (χ0) is 17.8. The third kappa shape index (κ3) is 2.20. The van der Waals surface area contributed by atoms with Crippen LogP contribution in [0.5, 0.6) is 11.5 Å². The fourth-order valence-electron chi connectivity index (χ4n) is 4.30. The van der Waals surface area contributed by atoms with Crippen LogP contribution in [0, 0.1) is 5.92 Å². The Morgan fingerprint density at radius 2 is 2.04 bits per heavy atom. The average Bonchev–Trinajstić information content (AvgIpc) is 3.29. The first-order valence-electron chi connectivity index (χ1n) is 8.52. The SMILES string of the molecule is O=C(O)c1ccc(Cl)c2c1[C@H]1C=CC[C@H]1[C@@H](c1ccc3c(c1)OCO3)N2. The Kier molecular flexibility index (Phi) is 3.40. The highest BCUT2D eigenvalue weighted by molar-refractivity contribution is 6.33. The van der Waals surface area contributed by atoms with Gasteiger partial charge in [0.05, 0.1) is 22.3 Å². The summed E-state index contributed by atoms with van der Waals surface area (Å²) >= 11 is 6.43. The van der Waals surface area contributed by atoms with Gasteiger partial charge in [-0.25, -0.2) is 4.79 Å². The van der Waals surface area contributed by atoms with Crippen LogP contribution in [-0.2, 0) is 0 Å². The van der Waals surface area contributed by atoms with Crippen molar-refractivity contribution < 1.29 is 19.4 Å². The van der Waals surface area contributed by atoms with Gasteiger partial charge in [0.25, 0.3) is 0 Å². The van der Waals surface area contributed by atoms with E-state index in [0.29, 0.717) is 16.3 Å². The molecule has 2 aliphatic heterocycles. The molecule has 5 rings (SSSR count). The number of carboxylic acids is 1. The van der Waals surface area contributed by atoms with E-state index >= 15 is 0 Å². The lowest BCUT2D eigenvalue weighted by atomic mass is 9.75. The summed E-state index contributed by atoms with van der Waals surface area (Å²) in [6.07, 6.45) is 5.10. The largest absolute Gasteiger partial charge is 0.478 e. The van der Waals surface area contributed by atoms with Crippen molar-refractivity contribution in [3.05, 3.63) is 64.2 Å². The molecule has 0 fully saturated rings. The third-order valence-corrected chi connectivity index (χ3v) is 5.77. The zero-order valence-electron chi connectivity index (χ0n) is 13.7. The number of halogens is 1. The number of carboxylic acid groups (broad SMARTS) is 1. The van der Waals surface area contributed by atoms with E-state index < -0.39 is 5.97 Å². The summed E-state index contributed by atoms with van der Waals surface area (Å²) in [5.74, 6) is 0.798. The molecular weight excluding hydrogens is 354 g/mol. The number of hydrogen-bond donors (Lipinski definition) is 2. The van der Waals surface area contributed by atoms with Crippen molar-refractivity contribution in [1.82, 2.24) is 0 Å². The van der Waals surface area contributed by atoms with Crippen molar-refractivity contribution >= 4 is 23.3 Å². The Labute approximate surface area is 155 Å². The number of rotatable bonds is 2. The summed E-state index contributed by atoms with van der Waals surface area (Å²) in [5, 5.41) is 13.7.